The van der Waals surface area contributed by atoms with Crippen molar-refractivity contribution in [3.8, 4) is 17.2 Å². The zero-order valence-corrected chi connectivity index (χ0v) is 20.9. The Hall–Kier alpha value is -4.00. The largest absolute Gasteiger partial charge is 0.497 e. The number of ether oxygens (including phenoxy) is 3. The molecule has 0 radical (unpaired) electrons. The summed E-state index contributed by atoms with van der Waals surface area (Å²) in [4.78, 5) is 28.5. The Kier molecular flexibility index (Phi) is 8.10. The van der Waals surface area contributed by atoms with Gasteiger partial charge in [-0.25, -0.2) is 0 Å². The summed E-state index contributed by atoms with van der Waals surface area (Å²) >= 11 is 0. The highest BCUT2D eigenvalue weighted by Gasteiger charge is 2.41. The minimum Gasteiger partial charge on any atom is -0.497 e. The lowest BCUT2D eigenvalue weighted by Gasteiger charge is -2.41. The molecule has 1 N–H and O–H groups in total. The summed E-state index contributed by atoms with van der Waals surface area (Å²) < 4.78 is 16.2. The van der Waals surface area contributed by atoms with Crippen LogP contribution in [0.15, 0.2) is 72.8 Å². The maximum atomic E-state index is 13.5. The van der Waals surface area contributed by atoms with Crippen LogP contribution in [-0.4, -0.2) is 32.6 Å². The van der Waals surface area contributed by atoms with Gasteiger partial charge in [0.15, 0.2) is 0 Å². The summed E-state index contributed by atoms with van der Waals surface area (Å²) in [6.07, 6.45) is 0.754. The number of rotatable bonds is 9. The Bertz CT molecular complexity index is 1180. The van der Waals surface area contributed by atoms with Crippen LogP contribution in [0.4, 0.5) is 5.69 Å². The Morgan fingerprint density at radius 1 is 0.944 bits per heavy atom. The summed E-state index contributed by atoms with van der Waals surface area (Å²) in [5, 5.41) is 3.09. The van der Waals surface area contributed by atoms with E-state index >= 15 is 0 Å². The second-order valence-corrected chi connectivity index (χ2v) is 8.62. The molecule has 0 aromatic heterocycles. The molecule has 0 saturated carbocycles. The molecule has 1 heterocycles. The molecule has 0 aliphatic carbocycles. The van der Waals surface area contributed by atoms with Gasteiger partial charge in [0.25, 0.3) is 0 Å². The number of benzene rings is 3. The van der Waals surface area contributed by atoms with Gasteiger partial charge in [-0.2, -0.15) is 0 Å². The normalized spacial score (nSPS) is 17.4. The Labute approximate surface area is 212 Å². The van der Waals surface area contributed by atoms with Crippen molar-refractivity contribution in [2.75, 3.05) is 25.7 Å². The lowest BCUT2D eigenvalue weighted by atomic mass is 9.83. The Morgan fingerprint density at radius 2 is 1.61 bits per heavy atom. The first-order valence-corrected chi connectivity index (χ1v) is 12.1. The highest BCUT2D eigenvalue weighted by Crippen LogP contribution is 2.41. The average molecular weight is 489 g/mol. The fraction of sp³-hybridized carbons (Fsp3) is 0.310. The predicted octanol–water partition coefficient (Wildman–Crippen LogP) is 4.90. The lowest BCUT2D eigenvalue weighted by molar-refractivity contribution is -0.129. The smallest absolute Gasteiger partial charge is 0.227 e. The molecule has 2 unspecified atom stereocenters. The summed E-state index contributed by atoms with van der Waals surface area (Å²) in [5.41, 5.74) is 2.55. The fourth-order valence-corrected chi connectivity index (χ4v) is 4.63. The molecule has 1 aliphatic rings. The van der Waals surface area contributed by atoms with Crippen LogP contribution >= 0.6 is 0 Å². The molecule has 2 atom stereocenters. The van der Waals surface area contributed by atoms with Crippen molar-refractivity contribution < 1.29 is 23.8 Å². The fourth-order valence-electron chi connectivity index (χ4n) is 4.63. The maximum absolute atomic E-state index is 13.5. The minimum atomic E-state index is -0.458. The van der Waals surface area contributed by atoms with Crippen LogP contribution < -0.4 is 24.4 Å². The third kappa shape index (κ3) is 5.62. The number of carbonyl (C=O) groups is 2. The highest BCUT2D eigenvalue weighted by molar-refractivity contribution is 5.97. The van der Waals surface area contributed by atoms with E-state index in [1.54, 1.807) is 19.1 Å². The van der Waals surface area contributed by atoms with E-state index in [0.717, 1.165) is 22.6 Å². The summed E-state index contributed by atoms with van der Waals surface area (Å²) in [6.45, 7) is 2.89. The van der Waals surface area contributed by atoms with Gasteiger partial charge in [-0.3, -0.25) is 9.59 Å². The zero-order chi connectivity index (χ0) is 25.5. The molecular formula is C29H32N2O5. The van der Waals surface area contributed by atoms with Crippen molar-refractivity contribution in [1.82, 2.24) is 5.32 Å². The van der Waals surface area contributed by atoms with Crippen LogP contribution in [0.5, 0.6) is 17.2 Å². The van der Waals surface area contributed by atoms with Crippen molar-refractivity contribution in [3.63, 3.8) is 0 Å². The number of hydrogen-bond acceptors (Lipinski definition) is 5. The molecule has 188 valence electrons. The van der Waals surface area contributed by atoms with Crippen LogP contribution in [0.2, 0.25) is 0 Å². The minimum absolute atomic E-state index is 0.0190. The molecule has 7 nitrogen and oxygen atoms in total. The first kappa shape index (κ1) is 25.1. The van der Waals surface area contributed by atoms with Gasteiger partial charge in [0.1, 0.15) is 17.2 Å². The van der Waals surface area contributed by atoms with Crippen molar-refractivity contribution in [2.24, 2.45) is 5.92 Å². The Morgan fingerprint density at radius 3 is 2.25 bits per heavy atom. The number of hydrogen-bond donors (Lipinski definition) is 1. The van der Waals surface area contributed by atoms with Gasteiger partial charge in [0.2, 0.25) is 11.8 Å². The van der Waals surface area contributed by atoms with E-state index in [1.807, 2.05) is 79.7 Å². The summed E-state index contributed by atoms with van der Waals surface area (Å²) in [7, 11) is 3.21. The first-order valence-electron chi connectivity index (χ1n) is 12.1. The van der Waals surface area contributed by atoms with Gasteiger partial charge in [0.05, 0.1) is 32.8 Å². The van der Waals surface area contributed by atoms with Gasteiger partial charge >= 0.3 is 0 Å². The second-order valence-electron chi connectivity index (χ2n) is 8.62. The van der Waals surface area contributed by atoms with Gasteiger partial charge in [-0.15, -0.1) is 0 Å². The molecule has 3 aromatic rings. The van der Waals surface area contributed by atoms with E-state index < -0.39 is 12.0 Å². The van der Waals surface area contributed by atoms with Crippen LogP contribution in [0.3, 0.4) is 0 Å². The molecule has 3 aromatic carbocycles. The number of amides is 2. The predicted molar refractivity (Wildman–Crippen MR) is 138 cm³/mol. The van der Waals surface area contributed by atoms with Crippen LogP contribution in [0.1, 0.15) is 36.9 Å². The summed E-state index contributed by atoms with van der Waals surface area (Å²) in [6, 6.07) is 22.1. The molecule has 0 bridgehead atoms. The molecule has 36 heavy (non-hydrogen) atoms. The molecular weight excluding hydrogens is 456 g/mol. The maximum Gasteiger partial charge on any atom is 0.227 e. The third-order valence-corrected chi connectivity index (χ3v) is 6.42. The van der Waals surface area contributed by atoms with Crippen molar-refractivity contribution >= 4 is 17.5 Å². The third-order valence-electron chi connectivity index (χ3n) is 6.42. The molecule has 4 rings (SSSR count). The van der Waals surface area contributed by atoms with Crippen LogP contribution in [-0.2, 0) is 16.1 Å². The number of nitrogens with zero attached hydrogens (tertiary/aromatic N) is 1. The molecule has 1 aliphatic heterocycles. The quantitative estimate of drug-likeness (QED) is 0.464. The molecule has 2 amide bonds. The van der Waals surface area contributed by atoms with E-state index in [0.29, 0.717) is 31.1 Å². The molecule has 7 heteroatoms. The first-order chi connectivity index (χ1) is 17.5. The SMILES string of the molecule is CCOc1cccc(CNC(=O)C2CCC(=O)N(c3ccc(OC)cc3)C2c2ccc(OC)cc2)c1. The Balaban J connectivity index is 1.63. The summed E-state index contributed by atoms with van der Waals surface area (Å²) in [5.74, 6) is 1.65. The number of nitrogens with one attached hydrogen (secondary N) is 1. The van der Waals surface area contributed by atoms with Crippen molar-refractivity contribution in [1.29, 1.82) is 0 Å². The monoisotopic (exact) mass is 488 g/mol. The van der Waals surface area contributed by atoms with Crippen molar-refractivity contribution in [2.45, 2.75) is 32.4 Å². The van der Waals surface area contributed by atoms with E-state index in [1.165, 1.54) is 0 Å². The second kappa shape index (κ2) is 11.6. The topological polar surface area (TPSA) is 77.1 Å². The standard InChI is InChI=1S/C29H32N2O5/c1-4-36-25-7-5-6-20(18-25)19-30-29(33)26-16-17-27(32)31(22-10-14-24(35-3)15-11-22)28(26)21-8-12-23(34-2)13-9-21/h5-15,18,26,28H,4,16-17,19H2,1-3H3,(H,30,33). The van der Waals surface area contributed by atoms with Gasteiger partial charge in [-0.05, 0) is 73.0 Å². The molecule has 1 saturated heterocycles. The van der Waals surface area contributed by atoms with Gasteiger partial charge in [0, 0.05) is 18.7 Å². The zero-order valence-electron chi connectivity index (χ0n) is 20.9. The van der Waals surface area contributed by atoms with Crippen LogP contribution in [0.25, 0.3) is 0 Å². The molecule has 1 fully saturated rings. The van der Waals surface area contributed by atoms with E-state index in [9.17, 15) is 9.59 Å². The van der Waals surface area contributed by atoms with E-state index in [4.69, 9.17) is 14.2 Å². The van der Waals surface area contributed by atoms with Crippen LogP contribution in [0, 0.1) is 5.92 Å². The number of methoxy groups -OCH3 is 2. The number of carbonyl (C=O) groups excluding carboxylic acids is 2. The lowest BCUT2D eigenvalue weighted by Crippen LogP contribution is -2.48. The number of piperidine rings is 1. The van der Waals surface area contributed by atoms with Gasteiger partial charge < -0.3 is 24.4 Å². The van der Waals surface area contributed by atoms with Gasteiger partial charge in [-0.1, -0.05) is 24.3 Å². The average Bonchev–Trinajstić information content (AvgIpc) is 2.92. The number of anilines is 1. The molecule has 0 spiro atoms. The highest BCUT2D eigenvalue weighted by atomic mass is 16.5. The van der Waals surface area contributed by atoms with E-state index in [-0.39, 0.29) is 18.2 Å². The van der Waals surface area contributed by atoms with Crippen molar-refractivity contribution in [3.05, 3.63) is 83.9 Å². The van der Waals surface area contributed by atoms with E-state index in [2.05, 4.69) is 5.32 Å².